The highest BCUT2D eigenvalue weighted by Gasteiger charge is 2.36. The maximum Gasteiger partial charge on any atom is 0.243 e. The minimum Gasteiger partial charge on any atom is -0.492 e. The highest BCUT2D eigenvalue weighted by atomic mass is 16.5. The van der Waals surface area contributed by atoms with Crippen molar-refractivity contribution in [3.63, 3.8) is 0 Å². The molecule has 7 nitrogen and oxygen atoms in total. The Morgan fingerprint density at radius 1 is 1.07 bits per heavy atom. The molecule has 3 amide bonds. The molecule has 1 aromatic carbocycles. The topological polar surface area (TPSA) is 87.7 Å². The van der Waals surface area contributed by atoms with Crippen LogP contribution in [0.2, 0.25) is 0 Å². The van der Waals surface area contributed by atoms with Crippen LogP contribution in [0.25, 0.3) is 0 Å². The van der Waals surface area contributed by atoms with E-state index in [4.69, 9.17) is 4.74 Å². The predicted molar refractivity (Wildman–Crippen MR) is 101 cm³/mol. The van der Waals surface area contributed by atoms with Gasteiger partial charge >= 0.3 is 0 Å². The second-order valence-corrected chi connectivity index (χ2v) is 7.12. The van der Waals surface area contributed by atoms with Crippen LogP contribution < -0.4 is 20.5 Å². The van der Waals surface area contributed by atoms with Crippen molar-refractivity contribution in [1.82, 2.24) is 10.9 Å². The first-order valence-electron chi connectivity index (χ1n) is 9.72. The first kappa shape index (κ1) is 19.2. The van der Waals surface area contributed by atoms with Crippen LogP contribution >= 0.6 is 0 Å². The zero-order chi connectivity index (χ0) is 19.2. The molecule has 7 heteroatoms. The molecule has 0 radical (unpaired) electrons. The Hall–Kier alpha value is -2.57. The number of amides is 3. The summed E-state index contributed by atoms with van der Waals surface area (Å²) in [5, 5.41) is 0. The standard InChI is InChI=1S/C20H27N3O4/c1-2-27-17-11-7-6-10-16(17)23-13-15(12-18(23)24)20(26)22-21-19(25)14-8-4-3-5-9-14/h6-7,10-11,14-15H,2-5,8-9,12-13H2,1H3,(H,21,25)(H,22,26)/t15-/m1/s1. The molecule has 1 aliphatic heterocycles. The van der Waals surface area contributed by atoms with Gasteiger partial charge in [-0.3, -0.25) is 25.2 Å². The monoisotopic (exact) mass is 373 g/mol. The predicted octanol–water partition coefficient (Wildman–Crippen LogP) is 2.17. The maximum atomic E-state index is 12.4. The number of hydrogen-bond acceptors (Lipinski definition) is 4. The average molecular weight is 373 g/mol. The van der Waals surface area contributed by atoms with E-state index in [1.54, 1.807) is 4.90 Å². The summed E-state index contributed by atoms with van der Waals surface area (Å²) in [6.45, 7) is 2.65. The highest BCUT2D eigenvalue weighted by Crippen LogP contribution is 2.33. The Bertz CT molecular complexity index is 700. The molecule has 2 fully saturated rings. The number of carbonyl (C=O) groups excluding carboxylic acids is 3. The summed E-state index contributed by atoms with van der Waals surface area (Å²) in [6.07, 6.45) is 5.12. The fourth-order valence-corrected chi connectivity index (χ4v) is 3.77. The van der Waals surface area contributed by atoms with E-state index in [0.29, 0.717) is 18.0 Å². The minimum atomic E-state index is -0.501. The lowest BCUT2D eigenvalue weighted by Gasteiger charge is -2.22. The van der Waals surface area contributed by atoms with Crippen LogP contribution in [0.4, 0.5) is 5.69 Å². The molecule has 0 unspecified atom stereocenters. The van der Waals surface area contributed by atoms with Gasteiger partial charge in [0.25, 0.3) is 0 Å². The van der Waals surface area contributed by atoms with Crippen molar-refractivity contribution in [3.8, 4) is 5.75 Å². The minimum absolute atomic E-state index is 0.0289. The van der Waals surface area contributed by atoms with Crippen LogP contribution in [-0.4, -0.2) is 30.9 Å². The van der Waals surface area contributed by atoms with E-state index in [0.717, 1.165) is 25.7 Å². The third kappa shape index (κ3) is 4.59. The van der Waals surface area contributed by atoms with Crippen LogP contribution in [0.5, 0.6) is 5.75 Å². The van der Waals surface area contributed by atoms with Crippen molar-refractivity contribution in [1.29, 1.82) is 0 Å². The fraction of sp³-hybridized carbons (Fsp3) is 0.550. The zero-order valence-electron chi connectivity index (χ0n) is 15.7. The van der Waals surface area contributed by atoms with Gasteiger partial charge < -0.3 is 9.64 Å². The van der Waals surface area contributed by atoms with Crippen LogP contribution in [0, 0.1) is 11.8 Å². The molecule has 0 bridgehead atoms. The molecule has 1 heterocycles. The quantitative estimate of drug-likeness (QED) is 0.775. The fourth-order valence-electron chi connectivity index (χ4n) is 3.77. The van der Waals surface area contributed by atoms with Crippen molar-refractivity contribution in [2.75, 3.05) is 18.1 Å². The lowest BCUT2D eigenvalue weighted by molar-refractivity contribution is -0.133. The van der Waals surface area contributed by atoms with Gasteiger partial charge in [-0.25, -0.2) is 0 Å². The van der Waals surface area contributed by atoms with Crippen molar-refractivity contribution >= 4 is 23.4 Å². The Balaban J connectivity index is 1.57. The molecular weight excluding hydrogens is 346 g/mol. The summed E-state index contributed by atoms with van der Waals surface area (Å²) >= 11 is 0. The third-order valence-electron chi connectivity index (χ3n) is 5.24. The third-order valence-corrected chi connectivity index (χ3v) is 5.24. The first-order valence-corrected chi connectivity index (χ1v) is 9.72. The normalized spacial score (nSPS) is 20.4. The largest absolute Gasteiger partial charge is 0.492 e. The molecule has 0 aromatic heterocycles. The second kappa shape index (κ2) is 8.88. The van der Waals surface area contributed by atoms with Crippen LogP contribution in [0.3, 0.4) is 0 Å². The van der Waals surface area contributed by atoms with Crippen molar-refractivity contribution in [3.05, 3.63) is 24.3 Å². The lowest BCUT2D eigenvalue weighted by Crippen LogP contribution is -2.47. The number of benzene rings is 1. The van der Waals surface area contributed by atoms with E-state index in [9.17, 15) is 14.4 Å². The van der Waals surface area contributed by atoms with Gasteiger partial charge in [0.15, 0.2) is 0 Å². The lowest BCUT2D eigenvalue weighted by atomic mass is 9.89. The molecule has 3 rings (SSSR count). The molecule has 146 valence electrons. The molecule has 1 atom stereocenters. The molecule has 1 saturated heterocycles. The van der Waals surface area contributed by atoms with E-state index in [-0.39, 0.29) is 36.6 Å². The van der Waals surface area contributed by atoms with E-state index in [1.807, 2.05) is 31.2 Å². The van der Waals surface area contributed by atoms with Crippen LogP contribution in [-0.2, 0) is 14.4 Å². The molecule has 1 aromatic rings. The molecular formula is C20H27N3O4. The van der Waals surface area contributed by atoms with Crippen molar-refractivity contribution in [2.45, 2.75) is 45.4 Å². The smallest absolute Gasteiger partial charge is 0.243 e. The molecule has 2 N–H and O–H groups in total. The summed E-state index contributed by atoms with van der Waals surface area (Å²) < 4.78 is 5.59. The first-order chi connectivity index (χ1) is 13.1. The Morgan fingerprint density at radius 3 is 2.44 bits per heavy atom. The van der Waals surface area contributed by atoms with Crippen LogP contribution in [0.15, 0.2) is 24.3 Å². The van der Waals surface area contributed by atoms with E-state index < -0.39 is 5.92 Å². The van der Waals surface area contributed by atoms with E-state index in [2.05, 4.69) is 10.9 Å². The molecule has 0 spiro atoms. The number of carbonyl (C=O) groups is 3. The number of hydrazine groups is 1. The van der Waals surface area contributed by atoms with Gasteiger partial charge in [0, 0.05) is 18.9 Å². The SMILES string of the molecule is CCOc1ccccc1N1C[C@H](C(=O)NNC(=O)C2CCCCC2)CC1=O. The van der Waals surface area contributed by atoms with Gasteiger partial charge in [0.2, 0.25) is 17.7 Å². The van der Waals surface area contributed by atoms with Crippen molar-refractivity contribution in [2.24, 2.45) is 11.8 Å². The Morgan fingerprint density at radius 2 is 1.74 bits per heavy atom. The summed E-state index contributed by atoms with van der Waals surface area (Å²) in [6, 6.07) is 7.31. The molecule has 27 heavy (non-hydrogen) atoms. The average Bonchev–Trinajstić information content (AvgIpc) is 3.09. The number of hydrogen-bond donors (Lipinski definition) is 2. The van der Waals surface area contributed by atoms with Gasteiger partial charge in [-0.2, -0.15) is 0 Å². The number of rotatable bonds is 5. The van der Waals surface area contributed by atoms with Gasteiger partial charge in [-0.1, -0.05) is 31.4 Å². The number of anilines is 1. The number of para-hydroxylation sites is 2. The van der Waals surface area contributed by atoms with E-state index in [1.165, 1.54) is 6.42 Å². The number of ether oxygens (including phenoxy) is 1. The van der Waals surface area contributed by atoms with E-state index >= 15 is 0 Å². The van der Waals surface area contributed by atoms with Gasteiger partial charge in [0.05, 0.1) is 18.2 Å². The number of nitrogens with zero attached hydrogens (tertiary/aromatic N) is 1. The van der Waals surface area contributed by atoms with Crippen LogP contribution in [0.1, 0.15) is 45.4 Å². The molecule has 1 saturated carbocycles. The molecule has 1 aliphatic carbocycles. The summed E-state index contributed by atoms with van der Waals surface area (Å²) in [5.41, 5.74) is 5.71. The molecule has 2 aliphatic rings. The summed E-state index contributed by atoms with van der Waals surface area (Å²) in [5.74, 6) is -0.492. The Labute approximate surface area is 159 Å². The highest BCUT2D eigenvalue weighted by molar-refractivity contribution is 6.01. The number of nitrogens with one attached hydrogen (secondary N) is 2. The zero-order valence-corrected chi connectivity index (χ0v) is 15.7. The van der Waals surface area contributed by atoms with Gasteiger partial charge in [-0.15, -0.1) is 0 Å². The summed E-state index contributed by atoms with van der Waals surface area (Å²) in [4.78, 5) is 38.6. The van der Waals surface area contributed by atoms with Crippen molar-refractivity contribution < 1.29 is 19.1 Å². The van der Waals surface area contributed by atoms with Gasteiger partial charge in [0.1, 0.15) is 5.75 Å². The Kier molecular flexibility index (Phi) is 6.32. The second-order valence-electron chi connectivity index (χ2n) is 7.12. The maximum absolute atomic E-state index is 12.4. The summed E-state index contributed by atoms with van der Waals surface area (Å²) in [7, 11) is 0. The van der Waals surface area contributed by atoms with Gasteiger partial charge in [-0.05, 0) is 31.9 Å².